The van der Waals surface area contributed by atoms with E-state index in [9.17, 15) is 13.2 Å². The molecule has 0 fully saturated rings. The standard InChI is InChI=1S/C22H30N2O5S/c1-4-28-20-13-8-6-11-18(20)17-23-22(25)15-10-16-24(30(3,26)27)19-12-7-9-14-21(19)29-5-2/h6-9,11-14H,4-5,10,15-17H2,1-3H3,(H,23,25). The Bertz CT molecular complexity index is 931. The number of ether oxygens (including phenoxy) is 2. The minimum Gasteiger partial charge on any atom is -0.494 e. The Kier molecular flexibility index (Phi) is 8.98. The summed E-state index contributed by atoms with van der Waals surface area (Å²) in [5.74, 6) is 1.10. The fourth-order valence-electron chi connectivity index (χ4n) is 3.02. The molecule has 0 aliphatic rings. The average molecular weight is 435 g/mol. The largest absolute Gasteiger partial charge is 0.494 e. The molecule has 0 heterocycles. The van der Waals surface area contributed by atoms with Gasteiger partial charge >= 0.3 is 0 Å². The lowest BCUT2D eigenvalue weighted by Crippen LogP contribution is -2.32. The van der Waals surface area contributed by atoms with Crippen LogP contribution in [-0.4, -0.2) is 40.3 Å². The van der Waals surface area contributed by atoms with Crippen LogP contribution in [-0.2, 0) is 21.4 Å². The Morgan fingerprint density at radius 1 is 0.967 bits per heavy atom. The summed E-state index contributed by atoms with van der Waals surface area (Å²) in [4.78, 5) is 12.3. The fraction of sp³-hybridized carbons (Fsp3) is 0.409. The Morgan fingerprint density at radius 3 is 2.23 bits per heavy atom. The molecule has 164 valence electrons. The van der Waals surface area contributed by atoms with Gasteiger partial charge in [-0.3, -0.25) is 9.10 Å². The number of rotatable bonds is 12. The summed E-state index contributed by atoms with van der Waals surface area (Å²) in [6, 6.07) is 14.5. The number of hydrogen-bond donors (Lipinski definition) is 1. The number of benzene rings is 2. The lowest BCUT2D eigenvalue weighted by molar-refractivity contribution is -0.121. The van der Waals surface area contributed by atoms with E-state index in [0.29, 0.717) is 37.6 Å². The molecule has 2 rings (SSSR count). The number of amides is 1. The minimum atomic E-state index is -3.52. The average Bonchev–Trinajstić information content (AvgIpc) is 2.71. The van der Waals surface area contributed by atoms with Gasteiger partial charge in [0.1, 0.15) is 11.5 Å². The van der Waals surface area contributed by atoms with Crippen molar-refractivity contribution in [1.82, 2.24) is 5.32 Å². The quantitative estimate of drug-likeness (QED) is 0.554. The third-order valence-corrected chi connectivity index (χ3v) is 5.53. The zero-order valence-corrected chi connectivity index (χ0v) is 18.6. The number of anilines is 1. The van der Waals surface area contributed by atoms with Crippen molar-refractivity contribution in [3.05, 3.63) is 54.1 Å². The first kappa shape index (κ1) is 23.5. The van der Waals surface area contributed by atoms with Gasteiger partial charge in [-0.1, -0.05) is 30.3 Å². The highest BCUT2D eigenvalue weighted by molar-refractivity contribution is 7.92. The summed E-state index contributed by atoms with van der Waals surface area (Å²) < 4.78 is 37.1. The predicted molar refractivity (Wildman–Crippen MR) is 118 cm³/mol. The van der Waals surface area contributed by atoms with Crippen molar-refractivity contribution in [2.75, 3.05) is 30.3 Å². The third kappa shape index (κ3) is 6.95. The molecule has 30 heavy (non-hydrogen) atoms. The molecule has 7 nitrogen and oxygen atoms in total. The summed E-state index contributed by atoms with van der Waals surface area (Å²) in [5, 5.41) is 2.87. The van der Waals surface area contributed by atoms with E-state index < -0.39 is 10.0 Å². The summed E-state index contributed by atoms with van der Waals surface area (Å²) in [5.41, 5.74) is 1.38. The lowest BCUT2D eigenvalue weighted by Gasteiger charge is -2.24. The molecule has 2 aromatic carbocycles. The third-order valence-electron chi connectivity index (χ3n) is 4.35. The number of nitrogens with one attached hydrogen (secondary N) is 1. The van der Waals surface area contributed by atoms with Gasteiger partial charge in [0.15, 0.2) is 0 Å². The molecule has 0 saturated heterocycles. The van der Waals surface area contributed by atoms with Crippen molar-refractivity contribution in [1.29, 1.82) is 0 Å². The number of hydrogen-bond acceptors (Lipinski definition) is 5. The van der Waals surface area contributed by atoms with Crippen LogP contribution in [0.2, 0.25) is 0 Å². The number of carbonyl (C=O) groups excluding carboxylic acids is 1. The van der Waals surface area contributed by atoms with Gasteiger partial charge in [-0.05, 0) is 38.5 Å². The van der Waals surface area contributed by atoms with E-state index in [1.165, 1.54) is 4.31 Å². The van der Waals surface area contributed by atoms with E-state index in [-0.39, 0.29) is 18.9 Å². The molecular formula is C22H30N2O5S. The lowest BCUT2D eigenvalue weighted by atomic mass is 10.2. The van der Waals surface area contributed by atoms with Gasteiger partial charge in [-0.25, -0.2) is 8.42 Å². The monoisotopic (exact) mass is 434 g/mol. The first-order chi connectivity index (χ1) is 14.4. The Hall–Kier alpha value is -2.74. The van der Waals surface area contributed by atoms with Crippen LogP contribution in [0.1, 0.15) is 32.3 Å². The highest BCUT2D eigenvalue weighted by Gasteiger charge is 2.21. The smallest absolute Gasteiger partial charge is 0.232 e. The second kappa shape index (κ2) is 11.4. The van der Waals surface area contributed by atoms with Crippen molar-refractivity contribution < 1.29 is 22.7 Å². The van der Waals surface area contributed by atoms with Gasteiger partial charge in [0.2, 0.25) is 15.9 Å². The van der Waals surface area contributed by atoms with Crippen molar-refractivity contribution in [3.8, 4) is 11.5 Å². The Labute approximate surface area is 179 Å². The zero-order valence-electron chi connectivity index (χ0n) is 17.8. The number of carbonyl (C=O) groups is 1. The van der Waals surface area contributed by atoms with Crippen LogP contribution in [0.25, 0.3) is 0 Å². The van der Waals surface area contributed by atoms with E-state index in [2.05, 4.69) is 5.32 Å². The van der Waals surface area contributed by atoms with Gasteiger partial charge in [0.25, 0.3) is 0 Å². The molecule has 0 aromatic heterocycles. The van der Waals surface area contributed by atoms with Gasteiger partial charge in [0.05, 0.1) is 25.2 Å². The maximum Gasteiger partial charge on any atom is 0.232 e. The van der Waals surface area contributed by atoms with E-state index in [4.69, 9.17) is 9.47 Å². The first-order valence-corrected chi connectivity index (χ1v) is 11.9. The second-order valence-electron chi connectivity index (χ2n) is 6.66. The molecule has 8 heteroatoms. The molecule has 0 atom stereocenters. The van der Waals surface area contributed by atoms with Crippen molar-refractivity contribution >= 4 is 21.6 Å². The van der Waals surface area contributed by atoms with Crippen LogP contribution < -0.4 is 19.1 Å². The molecule has 2 aromatic rings. The number of para-hydroxylation sites is 3. The Morgan fingerprint density at radius 2 is 1.57 bits per heavy atom. The summed E-state index contributed by atoms with van der Waals surface area (Å²) in [6.07, 6.45) is 1.74. The molecule has 0 aliphatic carbocycles. The Balaban J connectivity index is 1.95. The summed E-state index contributed by atoms with van der Waals surface area (Å²) in [6.45, 7) is 5.28. The van der Waals surface area contributed by atoms with E-state index in [0.717, 1.165) is 17.6 Å². The molecule has 1 amide bonds. The normalized spacial score (nSPS) is 11.0. The van der Waals surface area contributed by atoms with Crippen LogP contribution in [0, 0.1) is 0 Å². The molecule has 0 unspecified atom stereocenters. The summed E-state index contributed by atoms with van der Waals surface area (Å²) in [7, 11) is -3.52. The predicted octanol–water partition coefficient (Wildman–Crippen LogP) is 3.35. The molecule has 0 radical (unpaired) electrons. The van der Waals surface area contributed by atoms with E-state index in [1.807, 2.05) is 38.1 Å². The van der Waals surface area contributed by atoms with Crippen molar-refractivity contribution in [2.45, 2.75) is 33.2 Å². The fourth-order valence-corrected chi connectivity index (χ4v) is 3.99. The molecule has 0 spiro atoms. The van der Waals surface area contributed by atoms with Crippen LogP contribution >= 0.6 is 0 Å². The topological polar surface area (TPSA) is 84.9 Å². The maximum atomic E-state index is 12.3. The van der Waals surface area contributed by atoms with Gasteiger partial charge in [0, 0.05) is 25.1 Å². The van der Waals surface area contributed by atoms with Crippen molar-refractivity contribution in [3.63, 3.8) is 0 Å². The van der Waals surface area contributed by atoms with Crippen LogP contribution in [0.3, 0.4) is 0 Å². The van der Waals surface area contributed by atoms with Crippen LogP contribution in [0.15, 0.2) is 48.5 Å². The van der Waals surface area contributed by atoms with E-state index in [1.54, 1.807) is 24.3 Å². The molecule has 0 bridgehead atoms. The van der Waals surface area contributed by atoms with Crippen LogP contribution in [0.5, 0.6) is 11.5 Å². The SMILES string of the molecule is CCOc1ccccc1CNC(=O)CCCN(c1ccccc1OCC)S(C)(=O)=O. The van der Waals surface area contributed by atoms with Gasteiger partial charge in [-0.2, -0.15) is 0 Å². The van der Waals surface area contributed by atoms with Crippen molar-refractivity contribution in [2.24, 2.45) is 0 Å². The highest BCUT2D eigenvalue weighted by Crippen LogP contribution is 2.30. The first-order valence-electron chi connectivity index (χ1n) is 10.0. The summed E-state index contributed by atoms with van der Waals surface area (Å²) >= 11 is 0. The molecule has 0 saturated carbocycles. The highest BCUT2D eigenvalue weighted by atomic mass is 32.2. The van der Waals surface area contributed by atoms with E-state index >= 15 is 0 Å². The number of sulfonamides is 1. The molecule has 0 aliphatic heterocycles. The maximum absolute atomic E-state index is 12.3. The minimum absolute atomic E-state index is 0.146. The molecular weight excluding hydrogens is 404 g/mol. The molecule has 1 N–H and O–H groups in total. The second-order valence-corrected chi connectivity index (χ2v) is 8.56. The van der Waals surface area contributed by atoms with Crippen LogP contribution in [0.4, 0.5) is 5.69 Å². The van der Waals surface area contributed by atoms with Gasteiger partial charge < -0.3 is 14.8 Å². The number of nitrogens with zero attached hydrogens (tertiary/aromatic N) is 1. The zero-order chi connectivity index (χ0) is 22.0. The van der Waals surface area contributed by atoms with Gasteiger partial charge in [-0.15, -0.1) is 0 Å².